The Morgan fingerprint density at radius 2 is 1.95 bits per heavy atom. The number of nitrogens with zero attached hydrogens (tertiary/aromatic N) is 4. The maximum Gasteiger partial charge on any atom is 0.168 e. The lowest BCUT2D eigenvalue weighted by Crippen LogP contribution is -2.04. The molecule has 0 spiro atoms. The topological polar surface area (TPSA) is 55.6 Å². The number of benzene rings is 1. The first kappa shape index (κ1) is 13.8. The Morgan fingerprint density at radius 1 is 1.10 bits per heavy atom. The molecule has 0 radical (unpaired) electrons. The summed E-state index contributed by atoms with van der Waals surface area (Å²) in [5.41, 5.74) is 1.79. The Kier molecular flexibility index (Phi) is 4.31. The lowest BCUT2D eigenvalue weighted by atomic mass is 10.3. The van der Waals surface area contributed by atoms with Gasteiger partial charge >= 0.3 is 0 Å². The van der Waals surface area contributed by atoms with Crippen LogP contribution in [-0.4, -0.2) is 32.2 Å². The molecular weight excluding hydrogens is 286 g/mol. The maximum absolute atomic E-state index is 5.68. The molecule has 3 rings (SSSR count). The summed E-state index contributed by atoms with van der Waals surface area (Å²) in [5.74, 6) is 1.50. The average molecular weight is 302 g/mol. The Bertz CT molecular complexity index is 710. The summed E-state index contributed by atoms with van der Waals surface area (Å²) in [7, 11) is 0. The van der Waals surface area contributed by atoms with Crippen molar-refractivity contribution in [1.29, 1.82) is 0 Å². The molecule has 5 nitrogen and oxygen atoms in total. The van der Waals surface area contributed by atoms with Gasteiger partial charge in [0.2, 0.25) is 0 Å². The van der Waals surface area contributed by atoms with Crippen LogP contribution in [0.15, 0.2) is 42.9 Å². The molecule has 0 aliphatic rings. The van der Waals surface area contributed by atoms with Crippen molar-refractivity contribution in [2.24, 2.45) is 0 Å². The van der Waals surface area contributed by atoms with E-state index in [1.807, 2.05) is 35.0 Å². The minimum atomic E-state index is 0.687. The molecule has 0 unspecified atom stereocenters. The van der Waals surface area contributed by atoms with Crippen molar-refractivity contribution >= 4 is 28.5 Å². The molecule has 0 aliphatic carbocycles. The van der Waals surface area contributed by atoms with Crippen LogP contribution in [0.1, 0.15) is 12.8 Å². The van der Waals surface area contributed by atoms with E-state index in [-0.39, 0.29) is 0 Å². The number of hydrogen-bond acceptors (Lipinski definition) is 4. The second-order valence-corrected chi connectivity index (χ2v) is 5.05. The summed E-state index contributed by atoms with van der Waals surface area (Å²) < 4.78 is 1.82. The standard InChI is InChI=1S/C15H16ClN5/c16-8-4-5-9-17-14-13-10-20-21(15(13)19-11-18-14)12-6-2-1-3-7-12/h1-3,6-7,10-11H,4-5,8-9H2,(H,17,18,19). The van der Waals surface area contributed by atoms with Crippen LogP contribution in [0, 0.1) is 0 Å². The zero-order valence-corrected chi connectivity index (χ0v) is 12.3. The van der Waals surface area contributed by atoms with E-state index < -0.39 is 0 Å². The molecule has 3 aromatic rings. The van der Waals surface area contributed by atoms with Crippen LogP contribution in [0.2, 0.25) is 0 Å². The van der Waals surface area contributed by atoms with Crippen LogP contribution in [-0.2, 0) is 0 Å². The Morgan fingerprint density at radius 3 is 2.76 bits per heavy atom. The van der Waals surface area contributed by atoms with Crippen LogP contribution in [0.5, 0.6) is 0 Å². The van der Waals surface area contributed by atoms with Gasteiger partial charge in [0.25, 0.3) is 0 Å². The predicted molar refractivity (Wildman–Crippen MR) is 85.1 cm³/mol. The molecule has 0 amide bonds. The van der Waals surface area contributed by atoms with Gasteiger partial charge in [-0.05, 0) is 25.0 Å². The molecule has 2 heterocycles. The minimum Gasteiger partial charge on any atom is -0.369 e. The number of alkyl halides is 1. The van der Waals surface area contributed by atoms with Crippen LogP contribution >= 0.6 is 11.6 Å². The summed E-state index contributed by atoms with van der Waals surface area (Å²) in [6.45, 7) is 0.843. The largest absolute Gasteiger partial charge is 0.369 e. The highest BCUT2D eigenvalue weighted by atomic mass is 35.5. The third-order valence-corrected chi connectivity index (χ3v) is 3.49. The van der Waals surface area contributed by atoms with E-state index in [1.54, 1.807) is 12.5 Å². The maximum atomic E-state index is 5.68. The second-order valence-electron chi connectivity index (χ2n) is 4.67. The van der Waals surface area contributed by atoms with Gasteiger partial charge in [-0.15, -0.1) is 11.6 Å². The van der Waals surface area contributed by atoms with Gasteiger partial charge in [-0.25, -0.2) is 14.6 Å². The first-order valence-electron chi connectivity index (χ1n) is 6.94. The number of nitrogens with one attached hydrogen (secondary N) is 1. The number of hydrogen-bond donors (Lipinski definition) is 1. The monoisotopic (exact) mass is 301 g/mol. The van der Waals surface area contributed by atoms with Crippen molar-refractivity contribution in [2.45, 2.75) is 12.8 Å². The van der Waals surface area contributed by atoms with Gasteiger partial charge in [0, 0.05) is 12.4 Å². The number of fused-ring (bicyclic) bond motifs is 1. The van der Waals surface area contributed by atoms with E-state index in [1.165, 1.54) is 0 Å². The summed E-state index contributed by atoms with van der Waals surface area (Å²) in [4.78, 5) is 8.65. The average Bonchev–Trinajstić information content (AvgIpc) is 2.97. The van der Waals surface area contributed by atoms with Crippen LogP contribution in [0.25, 0.3) is 16.7 Å². The zero-order chi connectivity index (χ0) is 14.5. The molecule has 1 aromatic carbocycles. The van der Waals surface area contributed by atoms with Crippen molar-refractivity contribution in [3.8, 4) is 5.69 Å². The third kappa shape index (κ3) is 2.97. The van der Waals surface area contributed by atoms with Gasteiger partial charge in [0.1, 0.15) is 12.1 Å². The summed E-state index contributed by atoms with van der Waals surface area (Å²) in [6, 6.07) is 9.95. The van der Waals surface area contributed by atoms with Gasteiger partial charge in [-0.1, -0.05) is 18.2 Å². The molecular formula is C15H16ClN5. The van der Waals surface area contributed by atoms with Crippen molar-refractivity contribution in [2.75, 3.05) is 17.7 Å². The zero-order valence-electron chi connectivity index (χ0n) is 11.5. The third-order valence-electron chi connectivity index (χ3n) is 3.22. The number of aromatic nitrogens is 4. The van der Waals surface area contributed by atoms with Crippen molar-refractivity contribution in [3.63, 3.8) is 0 Å². The minimum absolute atomic E-state index is 0.687. The molecule has 0 aliphatic heterocycles. The molecule has 1 N–H and O–H groups in total. The van der Waals surface area contributed by atoms with Gasteiger partial charge in [0.05, 0.1) is 17.3 Å². The molecule has 2 aromatic heterocycles. The Balaban J connectivity index is 1.89. The highest BCUT2D eigenvalue weighted by molar-refractivity contribution is 6.17. The first-order chi connectivity index (χ1) is 10.4. The van der Waals surface area contributed by atoms with E-state index in [0.717, 1.165) is 41.9 Å². The van der Waals surface area contributed by atoms with Crippen molar-refractivity contribution < 1.29 is 0 Å². The van der Waals surface area contributed by atoms with Crippen molar-refractivity contribution in [3.05, 3.63) is 42.9 Å². The van der Waals surface area contributed by atoms with E-state index in [2.05, 4.69) is 20.4 Å². The second kappa shape index (κ2) is 6.54. The van der Waals surface area contributed by atoms with Crippen LogP contribution < -0.4 is 5.32 Å². The highest BCUT2D eigenvalue weighted by Gasteiger charge is 2.10. The number of unbranched alkanes of at least 4 members (excludes halogenated alkanes) is 1. The molecule has 0 bridgehead atoms. The predicted octanol–water partition coefficient (Wildman–Crippen LogP) is 3.25. The number of rotatable bonds is 6. The van der Waals surface area contributed by atoms with E-state index >= 15 is 0 Å². The van der Waals surface area contributed by atoms with E-state index in [9.17, 15) is 0 Å². The lowest BCUT2D eigenvalue weighted by Gasteiger charge is -2.06. The first-order valence-corrected chi connectivity index (χ1v) is 7.47. The fourth-order valence-electron chi connectivity index (χ4n) is 2.17. The summed E-state index contributed by atoms with van der Waals surface area (Å²) in [5, 5.41) is 8.67. The van der Waals surface area contributed by atoms with Gasteiger partial charge in [-0.2, -0.15) is 5.10 Å². The normalized spacial score (nSPS) is 10.9. The Hall–Kier alpha value is -2.14. The molecule has 21 heavy (non-hydrogen) atoms. The fraction of sp³-hybridized carbons (Fsp3) is 0.267. The quantitative estimate of drug-likeness (QED) is 0.561. The number of halogens is 1. The fourth-order valence-corrected chi connectivity index (χ4v) is 2.36. The molecule has 0 saturated carbocycles. The van der Waals surface area contributed by atoms with E-state index in [4.69, 9.17) is 11.6 Å². The lowest BCUT2D eigenvalue weighted by molar-refractivity contribution is 0.836. The van der Waals surface area contributed by atoms with Crippen molar-refractivity contribution in [1.82, 2.24) is 19.7 Å². The van der Waals surface area contributed by atoms with Crippen LogP contribution in [0.4, 0.5) is 5.82 Å². The smallest absolute Gasteiger partial charge is 0.168 e. The van der Waals surface area contributed by atoms with Crippen LogP contribution in [0.3, 0.4) is 0 Å². The molecule has 0 fully saturated rings. The molecule has 0 atom stereocenters. The van der Waals surface area contributed by atoms with Gasteiger partial charge in [0.15, 0.2) is 5.65 Å². The number of para-hydroxylation sites is 1. The van der Waals surface area contributed by atoms with Gasteiger partial charge < -0.3 is 5.32 Å². The molecule has 108 valence electrons. The Labute approximate surface area is 128 Å². The number of anilines is 1. The summed E-state index contributed by atoms with van der Waals surface area (Å²) >= 11 is 5.68. The SMILES string of the molecule is ClCCCCNc1ncnc2c1cnn2-c1ccccc1. The highest BCUT2D eigenvalue weighted by Crippen LogP contribution is 2.21. The van der Waals surface area contributed by atoms with Gasteiger partial charge in [-0.3, -0.25) is 0 Å². The molecule has 0 saturated heterocycles. The van der Waals surface area contributed by atoms with E-state index in [0.29, 0.717) is 5.88 Å². The summed E-state index contributed by atoms with van der Waals surface area (Å²) in [6.07, 6.45) is 5.37. The molecule has 6 heteroatoms.